The topological polar surface area (TPSA) is 62.0 Å². The first-order valence-electron chi connectivity index (χ1n) is 7.13. The van der Waals surface area contributed by atoms with Crippen LogP contribution >= 0.6 is 0 Å². The smallest absolute Gasteiger partial charge is 0.251 e. The molecule has 4 unspecified atom stereocenters. The summed E-state index contributed by atoms with van der Waals surface area (Å²) in [5, 5.41) is 3.06. The van der Waals surface area contributed by atoms with Gasteiger partial charge in [-0.25, -0.2) is 0 Å². The highest BCUT2D eigenvalue weighted by Crippen LogP contribution is 2.49. The molecule has 2 fully saturated rings. The summed E-state index contributed by atoms with van der Waals surface area (Å²) in [6.07, 6.45) is 6.80. The summed E-state index contributed by atoms with van der Waals surface area (Å²) in [6.45, 7) is 2.09. The molecule has 2 aliphatic carbocycles. The molecule has 0 radical (unpaired) electrons. The molecule has 102 valence electrons. The quantitative estimate of drug-likeness (QED) is 0.872. The van der Waals surface area contributed by atoms with Crippen molar-refractivity contribution in [3.63, 3.8) is 0 Å². The van der Waals surface area contributed by atoms with E-state index in [1.807, 2.05) is 0 Å². The van der Waals surface area contributed by atoms with Gasteiger partial charge in [-0.3, -0.25) is 9.59 Å². The largest absolute Gasteiger partial charge is 0.349 e. The summed E-state index contributed by atoms with van der Waals surface area (Å²) >= 11 is 0. The molecule has 4 atom stereocenters. The molecule has 0 saturated heterocycles. The van der Waals surface area contributed by atoms with Crippen molar-refractivity contribution in [3.8, 4) is 0 Å². The van der Waals surface area contributed by atoms with Crippen molar-refractivity contribution >= 4 is 5.91 Å². The Morgan fingerprint density at radius 3 is 2.89 bits per heavy atom. The van der Waals surface area contributed by atoms with Crippen LogP contribution in [0.4, 0.5) is 0 Å². The van der Waals surface area contributed by atoms with E-state index in [4.69, 9.17) is 0 Å². The fourth-order valence-corrected chi connectivity index (χ4v) is 3.89. The number of aromatic amines is 1. The highest BCUT2D eigenvalue weighted by Gasteiger charge is 2.42. The number of hydrogen-bond acceptors (Lipinski definition) is 2. The third kappa shape index (κ3) is 2.44. The Hall–Kier alpha value is -1.58. The van der Waals surface area contributed by atoms with Gasteiger partial charge in [0.2, 0.25) is 5.56 Å². The molecule has 2 bridgehead atoms. The van der Waals surface area contributed by atoms with Crippen LogP contribution in [-0.2, 0) is 0 Å². The van der Waals surface area contributed by atoms with Crippen molar-refractivity contribution in [1.29, 1.82) is 0 Å². The number of hydrogen-bond donors (Lipinski definition) is 2. The Morgan fingerprint density at radius 2 is 2.26 bits per heavy atom. The maximum absolute atomic E-state index is 12.1. The van der Waals surface area contributed by atoms with Gasteiger partial charge in [0.1, 0.15) is 0 Å². The van der Waals surface area contributed by atoms with Gasteiger partial charge in [-0.05, 0) is 50.0 Å². The van der Waals surface area contributed by atoms with Gasteiger partial charge >= 0.3 is 0 Å². The summed E-state index contributed by atoms with van der Waals surface area (Å²) in [7, 11) is 0. The average Bonchev–Trinajstić information content (AvgIpc) is 3.00. The molecule has 0 aromatic carbocycles. The number of fused-ring (bicyclic) bond motifs is 2. The van der Waals surface area contributed by atoms with Crippen molar-refractivity contribution in [3.05, 3.63) is 34.2 Å². The van der Waals surface area contributed by atoms with Crippen LogP contribution in [0.5, 0.6) is 0 Å². The number of aromatic nitrogens is 1. The molecular formula is C15H20N2O2. The minimum Gasteiger partial charge on any atom is -0.349 e. The highest BCUT2D eigenvalue weighted by atomic mass is 16.2. The predicted molar refractivity (Wildman–Crippen MR) is 72.9 cm³/mol. The summed E-state index contributed by atoms with van der Waals surface area (Å²) < 4.78 is 0. The second-order valence-electron chi connectivity index (χ2n) is 6.04. The number of pyridine rings is 1. The Kier molecular flexibility index (Phi) is 3.17. The lowest BCUT2D eigenvalue weighted by Crippen LogP contribution is -2.40. The minimum absolute atomic E-state index is 0.138. The molecule has 1 aromatic heterocycles. The highest BCUT2D eigenvalue weighted by molar-refractivity contribution is 5.94. The molecule has 1 heterocycles. The van der Waals surface area contributed by atoms with Crippen LogP contribution < -0.4 is 10.9 Å². The first-order chi connectivity index (χ1) is 9.13. The summed E-state index contributed by atoms with van der Waals surface area (Å²) in [6, 6.07) is 3.19. The van der Waals surface area contributed by atoms with Crippen LogP contribution in [0.3, 0.4) is 0 Å². The molecule has 4 nitrogen and oxygen atoms in total. The average molecular weight is 260 g/mol. The molecule has 19 heavy (non-hydrogen) atoms. The second kappa shape index (κ2) is 4.83. The SMILES string of the molecule is CC(NC(=O)c1cc[nH]c(=O)c1)C1CC2CCC1C2. The van der Waals surface area contributed by atoms with Crippen molar-refractivity contribution in [2.75, 3.05) is 0 Å². The van der Waals surface area contributed by atoms with E-state index in [1.165, 1.54) is 37.9 Å². The van der Waals surface area contributed by atoms with Gasteiger partial charge in [-0.15, -0.1) is 0 Å². The van der Waals surface area contributed by atoms with E-state index in [2.05, 4.69) is 17.2 Å². The number of H-pyrrole nitrogens is 1. The van der Waals surface area contributed by atoms with Gasteiger partial charge in [-0.2, -0.15) is 0 Å². The molecule has 1 amide bonds. The molecule has 0 spiro atoms. The first kappa shape index (κ1) is 12.5. The number of amides is 1. The number of nitrogens with one attached hydrogen (secondary N) is 2. The van der Waals surface area contributed by atoms with E-state index in [0.29, 0.717) is 11.5 Å². The van der Waals surface area contributed by atoms with E-state index in [9.17, 15) is 9.59 Å². The van der Waals surface area contributed by atoms with E-state index >= 15 is 0 Å². The van der Waals surface area contributed by atoms with E-state index in [0.717, 1.165) is 11.8 Å². The third-order valence-corrected chi connectivity index (χ3v) is 4.83. The Bertz CT molecular complexity index is 537. The Labute approximate surface area is 112 Å². The molecular weight excluding hydrogens is 240 g/mol. The van der Waals surface area contributed by atoms with Gasteiger partial charge in [0, 0.05) is 23.9 Å². The molecule has 0 aliphatic heterocycles. The van der Waals surface area contributed by atoms with Crippen LogP contribution in [0.2, 0.25) is 0 Å². The summed E-state index contributed by atoms with van der Waals surface area (Å²) in [5.41, 5.74) is 0.207. The van der Waals surface area contributed by atoms with Crippen LogP contribution in [-0.4, -0.2) is 16.9 Å². The maximum atomic E-state index is 12.1. The van der Waals surface area contributed by atoms with Gasteiger partial charge in [-0.1, -0.05) is 6.42 Å². The number of rotatable bonds is 3. The molecule has 2 saturated carbocycles. The van der Waals surface area contributed by atoms with Crippen molar-refractivity contribution in [2.45, 2.75) is 38.6 Å². The zero-order valence-electron chi connectivity index (χ0n) is 11.2. The third-order valence-electron chi connectivity index (χ3n) is 4.83. The standard InChI is InChI=1S/C15H20N2O2/c1-9(13-7-10-2-3-11(13)6-10)17-15(19)12-4-5-16-14(18)8-12/h4-5,8-11,13H,2-3,6-7H2,1H3,(H,16,18)(H,17,19). The number of carbonyl (C=O) groups is 1. The summed E-state index contributed by atoms with van der Waals surface area (Å²) in [5.74, 6) is 2.15. The molecule has 1 aromatic rings. The molecule has 2 N–H and O–H groups in total. The fraction of sp³-hybridized carbons (Fsp3) is 0.600. The Balaban J connectivity index is 1.65. The zero-order chi connectivity index (χ0) is 13.4. The van der Waals surface area contributed by atoms with Crippen molar-refractivity contribution in [2.24, 2.45) is 17.8 Å². The lowest BCUT2D eigenvalue weighted by Gasteiger charge is -2.28. The number of carbonyl (C=O) groups excluding carboxylic acids is 1. The lowest BCUT2D eigenvalue weighted by molar-refractivity contribution is 0.0915. The maximum Gasteiger partial charge on any atom is 0.251 e. The van der Waals surface area contributed by atoms with E-state index in [1.54, 1.807) is 6.07 Å². The van der Waals surface area contributed by atoms with Gasteiger partial charge in [0.25, 0.3) is 5.91 Å². The van der Waals surface area contributed by atoms with Crippen LogP contribution in [0.1, 0.15) is 43.0 Å². The molecule has 3 rings (SSSR count). The van der Waals surface area contributed by atoms with Gasteiger partial charge in [0.15, 0.2) is 0 Å². The zero-order valence-corrected chi connectivity index (χ0v) is 11.2. The van der Waals surface area contributed by atoms with Crippen LogP contribution in [0, 0.1) is 17.8 Å². The fourth-order valence-electron chi connectivity index (χ4n) is 3.89. The van der Waals surface area contributed by atoms with Crippen molar-refractivity contribution in [1.82, 2.24) is 10.3 Å². The normalized spacial score (nSPS) is 30.3. The second-order valence-corrected chi connectivity index (χ2v) is 6.04. The van der Waals surface area contributed by atoms with Crippen molar-refractivity contribution < 1.29 is 4.79 Å². The van der Waals surface area contributed by atoms with Crippen LogP contribution in [0.25, 0.3) is 0 Å². The summed E-state index contributed by atoms with van der Waals surface area (Å²) in [4.78, 5) is 25.8. The lowest BCUT2D eigenvalue weighted by atomic mass is 9.84. The Morgan fingerprint density at radius 1 is 1.42 bits per heavy atom. The predicted octanol–water partition coefficient (Wildman–Crippen LogP) is 1.93. The van der Waals surface area contributed by atoms with Gasteiger partial charge < -0.3 is 10.3 Å². The van der Waals surface area contributed by atoms with E-state index in [-0.39, 0.29) is 17.5 Å². The first-order valence-corrected chi connectivity index (χ1v) is 7.13. The van der Waals surface area contributed by atoms with Crippen LogP contribution in [0.15, 0.2) is 23.1 Å². The molecule has 4 heteroatoms. The van der Waals surface area contributed by atoms with E-state index < -0.39 is 0 Å². The minimum atomic E-state index is -0.236. The van der Waals surface area contributed by atoms with Gasteiger partial charge in [0.05, 0.1) is 0 Å². The monoisotopic (exact) mass is 260 g/mol. The molecule has 2 aliphatic rings.